The number of aromatic nitrogens is 2. The lowest BCUT2D eigenvalue weighted by molar-refractivity contribution is -0.119. The fourth-order valence-electron chi connectivity index (χ4n) is 3.94. The van der Waals surface area contributed by atoms with Crippen molar-refractivity contribution in [2.75, 3.05) is 18.2 Å². The van der Waals surface area contributed by atoms with Gasteiger partial charge in [-0.25, -0.2) is 23.0 Å². The highest BCUT2D eigenvalue weighted by molar-refractivity contribution is 7.92. The number of halogens is 2. The molecule has 2 aromatic carbocycles. The molecule has 1 amide bonds. The molecule has 39 heavy (non-hydrogen) atoms. The van der Waals surface area contributed by atoms with Crippen molar-refractivity contribution < 1.29 is 27.3 Å². The lowest BCUT2D eigenvalue weighted by atomic mass is 10.1. The number of anilines is 2. The molecule has 0 unspecified atom stereocenters. The number of benzene rings is 2. The average Bonchev–Trinajstić information content (AvgIpc) is 2.83. The summed E-state index contributed by atoms with van der Waals surface area (Å²) in [4.78, 5) is 20.7. The van der Waals surface area contributed by atoms with E-state index in [4.69, 9.17) is 15.2 Å². The Morgan fingerprint density at radius 2 is 2.03 bits per heavy atom. The molecule has 3 N–H and O–H groups in total. The van der Waals surface area contributed by atoms with E-state index in [9.17, 15) is 17.8 Å². The van der Waals surface area contributed by atoms with Crippen molar-refractivity contribution in [2.24, 2.45) is 16.0 Å². The predicted molar refractivity (Wildman–Crippen MR) is 145 cm³/mol. The zero-order valence-electron chi connectivity index (χ0n) is 22.1. The van der Waals surface area contributed by atoms with Gasteiger partial charge in [0.05, 0.1) is 40.4 Å². The van der Waals surface area contributed by atoms with Gasteiger partial charge in [-0.15, -0.1) is 0 Å². The van der Waals surface area contributed by atoms with Gasteiger partial charge in [0.15, 0.2) is 5.82 Å². The molecule has 4 bridgehead atoms. The first-order chi connectivity index (χ1) is 18.4. The Hall–Kier alpha value is -3.64. The van der Waals surface area contributed by atoms with E-state index in [1.54, 1.807) is 32.0 Å². The van der Waals surface area contributed by atoms with E-state index >= 15 is 0 Å². The van der Waals surface area contributed by atoms with Gasteiger partial charge < -0.3 is 20.5 Å². The lowest BCUT2D eigenvalue weighted by Gasteiger charge is -2.19. The minimum absolute atomic E-state index is 0.0403. The van der Waals surface area contributed by atoms with Crippen LogP contribution in [0.4, 0.5) is 20.4 Å². The van der Waals surface area contributed by atoms with Crippen molar-refractivity contribution in [3.05, 3.63) is 59.8 Å². The fourth-order valence-corrected chi connectivity index (χ4v) is 5.30. The molecule has 2 heterocycles. The summed E-state index contributed by atoms with van der Waals surface area (Å²) in [5, 5.41) is 3.03. The third kappa shape index (κ3) is 7.27. The van der Waals surface area contributed by atoms with Crippen LogP contribution in [0.25, 0.3) is 11.3 Å². The number of fused-ring (bicyclic) bond motifs is 6. The number of ether oxygens (including phenoxy) is 2. The first kappa shape index (κ1) is 28.4. The Bertz CT molecular complexity index is 1510. The van der Waals surface area contributed by atoms with Crippen molar-refractivity contribution in [2.45, 2.75) is 45.1 Å². The summed E-state index contributed by atoms with van der Waals surface area (Å²) in [5.41, 5.74) is 7.17. The summed E-state index contributed by atoms with van der Waals surface area (Å²) < 4.78 is 57.8. The van der Waals surface area contributed by atoms with Crippen LogP contribution >= 0.6 is 0 Å². The highest BCUT2D eigenvalue weighted by Gasteiger charge is 2.20. The van der Waals surface area contributed by atoms with Gasteiger partial charge in [0.25, 0.3) is 5.91 Å². The molecule has 1 aliphatic rings. The van der Waals surface area contributed by atoms with Gasteiger partial charge in [0.1, 0.15) is 23.0 Å². The highest BCUT2D eigenvalue weighted by Crippen LogP contribution is 2.33. The molecular formula is C27H31F2N5O4S. The highest BCUT2D eigenvalue weighted by atomic mass is 32.2. The van der Waals surface area contributed by atoms with E-state index in [-0.39, 0.29) is 47.3 Å². The molecule has 208 valence electrons. The molecule has 0 aliphatic carbocycles. The van der Waals surface area contributed by atoms with Crippen molar-refractivity contribution in [1.82, 2.24) is 9.97 Å². The van der Waals surface area contributed by atoms with E-state index in [0.717, 1.165) is 6.20 Å². The standard InChI is InChI=1S/C27H31F2N5O4S/c1-15(2)24(30)26(35)34-39(4,36)14-17-9-19-12-20(10-17)38-16(3)7-8-37-23-11-18(28)5-6-21(23)25-22(29)13-31-27(32-19)33-25/h5-6,9-13,15-16,24H,7-8,14,30H2,1-4H3,(H,31,32,33)/t16-,24-,39-/m0/s1. The van der Waals surface area contributed by atoms with E-state index in [2.05, 4.69) is 19.6 Å². The number of carbonyl (C=O) groups excluding carboxylic acids is 1. The Labute approximate surface area is 226 Å². The van der Waals surface area contributed by atoms with Crippen molar-refractivity contribution in [3.63, 3.8) is 0 Å². The van der Waals surface area contributed by atoms with Crippen LogP contribution in [0.5, 0.6) is 11.5 Å². The van der Waals surface area contributed by atoms with E-state index in [1.807, 2.05) is 6.92 Å². The normalized spacial score (nSPS) is 17.4. The van der Waals surface area contributed by atoms with E-state index < -0.39 is 33.3 Å². The number of carbonyl (C=O) groups is 1. The van der Waals surface area contributed by atoms with Crippen LogP contribution in [0.2, 0.25) is 0 Å². The number of hydrogen-bond donors (Lipinski definition) is 2. The van der Waals surface area contributed by atoms with Gasteiger partial charge in [-0.3, -0.25) is 4.79 Å². The Balaban J connectivity index is 1.74. The third-order valence-electron chi connectivity index (χ3n) is 6.01. The van der Waals surface area contributed by atoms with Gasteiger partial charge in [-0.1, -0.05) is 13.8 Å². The first-order valence-corrected chi connectivity index (χ1v) is 14.5. The van der Waals surface area contributed by atoms with Gasteiger partial charge in [0, 0.05) is 36.1 Å². The Morgan fingerprint density at radius 3 is 2.77 bits per heavy atom. The van der Waals surface area contributed by atoms with E-state index in [1.165, 1.54) is 24.5 Å². The van der Waals surface area contributed by atoms with Crippen LogP contribution in [-0.2, 0) is 20.3 Å². The van der Waals surface area contributed by atoms with Gasteiger partial charge in [-0.05, 0) is 42.7 Å². The summed E-state index contributed by atoms with van der Waals surface area (Å²) in [7, 11) is -2.97. The summed E-state index contributed by atoms with van der Waals surface area (Å²) in [5.74, 6) is -1.36. The molecule has 3 atom stereocenters. The maximum atomic E-state index is 14.8. The molecule has 1 aromatic heterocycles. The predicted octanol–water partition coefficient (Wildman–Crippen LogP) is 4.82. The maximum absolute atomic E-state index is 14.8. The monoisotopic (exact) mass is 559 g/mol. The zero-order valence-corrected chi connectivity index (χ0v) is 22.9. The number of amides is 1. The summed E-state index contributed by atoms with van der Waals surface area (Å²) in [6.45, 7) is 5.59. The molecule has 3 aromatic rings. The molecule has 12 heteroatoms. The van der Waals surface area contributed by atoms with Crippen LogP contribution in [0.3, 0.4) is 0 Å². The quantitative estimate of drug-likeness (QED) is 0.466. The minimum atomic E-state index is -2.97. The molecule has 4 rings (SSSR count). The van der Waals surface area contributed by atoms with Crippen LogP contribution in [0, 0.1) is 17.6 Å². The molecule has 1 aliphatic heterocycles. The maximum Gasteiger partial charge on any atom is 0.270 e. The number of nitrogens with two attached hydrogens (primary N) is 1. The van der Waals surface area contributed by atoms with Crippen molar-refractivity contribution in [1.29, 1.82) is 0 Å². The summed E-state index contributed by atoms with van der Waals surface area (Å²) in [6, 6.07) is 8.06. The van der Waals surface area contributed by atoms with Crippen molar-refractivity contribution in [3.8, 4) is 22.8 Å². The minimum Gasteiger partial charge on any atom is -0.493 e. The summed E-state index contributed by atoms with van der Waals surface area (Å²) in [6.07, 6.45) is 2.52. The van der Waals surface area contributed by atoms with Crippen LogP contribution in [-0.4, -0.2) is 45.1 Å². The second-order valence-electron chi connectivity index (χ2n) is 9.89. The fraction of sp³-hybridized carbons (Fsp3) is 0.370. The molecule has 0 saturated carbocycles. The molecule has 0 radical (unpaired) electrons. The molecular weight excluding hydrogens is 528 g/mol. The first-order valence-electron chi connectivity index (χ1n) is 12.4. The second-order valence-corrected chi connectivity index (χ2v) is 12.3. The largest absolute Gasteiger partial charge is 0.493 e. The molecule has 0 fully saturated rings. The van der Waals surface area contributed by atoms with E-state index in [0.29, 0.717) is 23.4 Å². The summed E-state index contributed by atoms with van der Waals surface area (Å²) >= 11 is 0. The van der Waals surface area contributed by atoms with Crippen LogP contribution in [0.1, 0.15) is 32.8 Å². The topological polar surface area (TPSA) is 129 Å². The third-order valence-corrected chi connectivity index (χ3v) is 7.44. The SMILES string of the molecule is CC(C)[C@H](N)C(=O)N=[S@@](C)(=O)Cc1cc2cc(c1)O[C@@H](C)CCOc1cc(F)ccc1-c1nc(ncc1F)N2. The number of nitrogens with one attached hydrogen (secondary N) is 1. The molecule has 9 nitrogen and oxygen atoms in total. The number of rotatable bonds is 4. The zero-order chi connectivity index (χ0) is 28.3. The molecule has 0 saturated heterocycles. The van der Waals surface area contributed by atoms with Gasteiger partial charge in [-0.2, -0.15) is 4.36 Å². The smallest absolute Gasteiger partial charge is 0.270 e. The van der Waals surface area contributed by atoms with Gasteiger partial charge >= 0.3 is 0 Å². The number of nitrogens with zero attached hydrogens (tertiary/aromatic N) is 3. The lowest BCUT2D eigenvalue weighted by Crippen LogP contribution is -2.34. The number of hydrogen-bond acceptors (Lipinski definition) is 8. The second kappa shape index (κ2) is 11.6. The van der Waals surface area contributed by atoms with Crippen molar-refractivity contribution >= 4 is 27.3 Å². The van der Waals surface area contributed by atoms with Crippen LogP contribution < -0.4 is 20.5 Å². The average molecular weight is 560 g/mol. The Morgan fingerprint density at radius 1 is 1.26 bits per heavy atom. The van der Waals surface area contributed by atoms with Crippen LogP contribution in [0.15, 0.2) is 47.0 Å². The molecule has 0 spiro atoms. The Kier molecular flexibility index (Phi) is 8.45. The van der Waals surface area contributed by atoms with Gasteiger partial charge in [0.2, 0.25) is 5.95 Å².